The van der Waals surface area contributed by atoms with Crippen molar-refractivity contribution in [1.29, 1.82) is 0 Å². The Hall–Kier alpha value is -7.22. The van der Waals surface area contributed by atoms with Crippen LogP contribution in [-0.4, -0.2) is 99.5 Å². The molecule has 20 nitrogen and oxygen atoms in total. The van der Waals surface area contributed by atoms with Crippen LogP contribution >= 0.6 is 0 Å². The molecule has 0 saturated carbocycles. The molecule has 0 aliphatic rings. The van der Waals surface area contributed by atoms with Gasteiger partial charge in [0.05, 0.1) is 23.8 Å². The Labute approximate surface area is 419 Å². The number of benzene rings is 1. The number of rotatable bonds is 30. The fourth-order valence-corrected chi connectivity index (χ4v) is 8.30. The summed E-state index contributed by atoms with van der Waals surface area (Å²) in [5, 5.41) is 25.6. The van der Waals surface area contributed by atoms with Crippen LogP contribution in [0.2, 0.25) is 0 Å². The second-order valence-electron chi connectivity index (χ2n) is 17.3. The maximum atomic E-state index is 13.5. The Balaban J connectivity index is 1.27. The van der Waals surface area contributed by atoms with Crippen molar-refractivity contribution in [2.45, 2.75) is 155 Å². The van der Waals surface area contributed by atoms with Crippen molar-refractivity contribution in [3.8, 4) is 0 Å². The van der Waals surface area contributed by atoms with Crippen molar-refractivity contribution in [2.24, 2.45) is 0 Å². The first-order valence-corrected chi connectivity index (χ1v) is 24.1. The predicted molar refractivity (Wildman–Crippen MR) is 262 cm³/mol. The molecule has 4 rings (SSSR count). The van der Waals surface area contributed by atoms with Gasteiger partial charge in [0.15, 0.2) is 18.3 Å². The number of carbonyl (C=O) groups is 7. The number of amides is 2. The second kappa shape index (κ2) is 29.8. The SMILES string of the molecule is CC(=O)OC[C@H](OC(C)=O)[C@H](OC(C)=O)[C@@H](OC(C)=O)[C@H](OC(C)=O)C(=O)NCCCCCCCCCCCC(=O)Nc1ccccc1[C@@H](Nc1ccccn1)C(c1ccccn1)[C@H](O)c1c(C)noc1C. The summed E-state index contributed by atoms with van der Waals surface area (Å²) >= 11 is 0. The van der Waals surface area contributed by atoms with Crippen LogP contribution in [0.5, 0.6) is 0 Å². The summed E-state index contributed by atoms with van der Waals surface area (Å²) < 4.78 is 31.7. The third-order valence-corrected chi connectivity index (χ3v) is 11.4. The first-order chi connectivity index (χ1) is 34.5. The minimum absolute atomic E-state index is 0.137. The number of anilines is 2. The fraction of sp³-hybridized carbons (Fsp3) is 0.500. The van der Waals surface area contributed by atoms with Gasteiger partial charge in [0.25, 0.3) is 5.91 Å². The summed E-state index contributed by atoms with van der Waals surface area (Å²) in [6.07, 6.45) is 3.27. The maximum Gasteiger partial charge on any atom is 0.303 e. The third kappa shape index (κ3) is 18.8. The number of nitrogens with one attached hydrogen (secondary N) is 3. The highest BCUT2D eigenvalue weighted by Gasteiger charge is 2.47. The Kier molecular flexibility index (Phi) is 23.8. The van der Waals surface area contributed by atoms with E-state index < -0.39 is 84.8 Å². The van der Waals surface area contributed by atoms with E-state index in [9.17, 15) is 38.7 Å². The van der Waals surface area contributed by atoms with Gasteiger partial charge in [-0.05, 0) is 62.6 Å². The van der Waals surface area contributed by atoms with Crippen LogP contribution in [0, 0.1) is 13.8 Å². The lowest BCUT2D eigenvalue weighted by Crippen LogP contribution is -2.57. The van der Waals surface area contributed by atoms with E-state index in [2.05, 4.69) is 31.1 Å². The van der Waals surface area contributed by atoms with Crippen LogP contribution in [-0.2, 0) is 57.2 Å². The number of aromatic nitrogens is 3. The zero-order valence-electron chi connectivity index (χ0n) is 42.1. The van der Waals surface area contributed by atoms with Gasteiger partial charge in [-0.25, -0.2) is 4.98 Å². The Morgan fingerprint density at radius 1 is 0.653 bits per heavy atom. The third-order valence-electron chi connectivity index (χ3n) is 11.4. The van der Waals surface area contributed by atoms with E-state index in [1.807, 2.05) is 60.7 Å². The van der Waals surface area contributed by atoms with Crippen molar-refractivity contribution in [1.82, 2.24) is 20.4 Å². The van der Waals surface area contributed by atoms with Gasteiger partial charge in [-0.15, -0.1) is 0 Å². The lowest BCUT2D eigenvalue weighted by Gasteiger charge is -2.34. The molecule has 4 N–H and O–H groups in total. The number of hydrogen-bond donors (Lipinski definition) is 4. The minimum Gasteiger partial charge on any atom is -0.462 e. The van der Waals surface area contributed by atoms with E-state index in [1.54, 1.807) is 26.2 Å². The number of aliphatic hydroxyl groups excluding tert-OH is 1. The quantitative estimate of drug-likeness (QED) is 0.0232. The van der Waals surface area contributed by atoms with Crippen LogP contribution in [0.1, 0.15) is 145 Å². The lowest BCUT2D eigenvalue weighted by molar-refractivity contribution is -0.203. The number of carbonyl (C=O) groups excluding carboxylic acids is 7. The van der Waals surface area contributed by atoms with Crippen molar-refractivity contribution < 1.29 is 66.9 Å². The number of esters is 5. The van der Waals surface area contributed by atoms with Crippen LogP contribution in [0.3, 0.4) is 0 Å². The van der Waals surface area contributed by atoms with Crippen molar-refractivity contribution in [3.63, 3.8) is 0 Å². The molecule has 72 heavy (non-hydrogen) atoms. The molecule has 1 aromatic carbocycles. The molecule has 7 atom stereocenters. The van der Waals surface area contributed by atoms with Gasteiger partial charge in [-0.3, -0.25) is 38.5 Å². The van der Waals surface area contributed by atoms with Crippen LogP contribution in [0.25, 0.3) is 0 Å². The van der Waals surface area contributed by atoms with Gasteiger partial charge >= 0.3 is 29.8 Å². The molecule has 0 aliphatic heterocycles. The number of aryl methyl sites for hydroxylation is 2. The number of nitrogens with zero attached hydrogens (tertiary/aromatic N) is 3. The number of aliphatic hydroxyl groups is 1. The molecule has 0 spiro atoms. The summed E-state index contributed by atoms with van der Waals surface area (Å²) in [7, 11) is 0. The smallest absolute Gasteiger partial charge is 0.303 e. The van der Waals surface area contributed by atoms with E-state index in [0.717, 1.165) is 85.1 Å². The van der Waals surface area contributed by atoms with E-state index in [1.165, 1.54) is 0 Å². The zero-order valence-corrected chi connectivity index (χ0v) is 42.1. The zero-order chi connectivity index (χ0) is 52.6. The Bertz CT molecular complexity index is 2360. The molecule has 1 unspecified atom stereocenters. The first-order valence-electron chi connectivity index (χ1n) is 24.1. The molecule has 2 amide bonds. The molecular weight excluding hydrogens is 933 g/mol. The van der Waals surface area contributed by atoms with Gasteiger partial charge in [-0.2, -0.15) is 0 Å². The maximum absolute atomic E-state index is 13.5. The Morgan fingerprint density at radius 2 is 1.24 bits per heavy atom. The molecule has 4 aromatic rings. The number of ether oxygens (including phenoxy) is 5. The van der Waals surface area contributed by atoms with E-state index in [4.69, 9.17) is 28.2 Å². The summed E-state index contributed by atoms with van der Waals surface area (Å²) in [5.41, 5.74) is 3.06. The van der Waals surface area contributed by atoms with Gasteiger partial charge in [0.1, 0.15) is 18.2 Å². The fourth-order valence-electron chi connectivity index (χ4n) is 8.30. The monoisotopic (exact) mass is 1000 g/mol. The van der Waals surface area contributed by atoms with Crippen molar-refractivity contribution in [2.75, 3.05) is 23.8 Å². The number of unbranched alkanes of at least 4 members (excludes halogenated alkanes) is 8. The largest absolute Gasteiger partial charge is 0.462 e. The van der Waals surface area contributed by atoms with E-state index in [-0.39, 0.29) is 12.5 Å². The molecule has 3 heterocycles. The number of hydrogen-bond acceptors (Lipinski definition) is 18. The van der Waals surface area contributed by atoms with Gasteiger partial charge < -0.3 is 49.3 Å². The molecule has 0 saturated heterocycles. The molecule has 0 aliphatic carbocycles. The lowest BCUT2D eigenvalue weighted by atomic mass is 9.81. The normalized spacial score (nSPS) is 13.9. The molecule has 0 bridgehead atoms. The summed E-state index contributed by atoms with van der Waals surface area (Å²) in [4.78, 5) is 96.3. The van der Waals surface area contributed by atoms with Crippen LogP contribution in [0.15, 0.2) is 77.6 Å². The molecular formula is C52H68N6O14. The molecule has 20 heteroatoms. The summed E-state index contributed by atoms with van der Waals surface area (Å²) in [5.74, 6) is -4.99. The average molecular weight is 1000 g/mol. The van der Waals surface area contributed by atoms with Crippen molar-refractivity contribution in [3.05, 3.63) is 101 Å². The van der Waals surface area contributed by atoms with Gasteiger partial charge in [-0.1, -0.05) is 80.4 Å². The highest BCUT2D eigenvalue weighted by Crippen LogP contribution is 2.45. The average Bonchev–Trinajstić information content (AvgIpc) is 3.67. The highest BCUT2D eigenvalue weighted by molar-refractivity contribution is 5.91. The number of para-hydroxylation sites is 1. The topological polar surface area (TPSA) is 274 Å². The second-order valence-corrected chi connectivity index (χ2v) is 17.3. The van der Waals surface area contributed by atoms with Crippen molar-refractivity contribution >= 4 is 53.2 Å². The van der Waals surface area contributed by atoms with Crippen LogP contribution < -0.4 is 16.0 Å². The first kappa shape index (κ1) is 57.4. The Morgan fingerprint density at radius 3 is 1.81 bits per heavy atom. The van der Waals surface area contributed by atoms with Gasteiger partial charge in [0, 0.05) is 76.9 Å². The summed E-state index contributed by atoms with van der Waals surface area (Å²) in [6.45, 7) is 8.31. The van der Waals surface area contributed by atoms with Crippen LogP contribution in [0.4, 0.5) is 11.5 Å². The van der Waals surface area contributed by atoms with Gasteiger partial charge in [0.2, 0.25) is 12.0 Å². The predicted octanol–water partition coefficient (Wildman–Crippen LogP) is 7.00. The highest BCUT2D eigenvalue weighted by atomic mass is 16.6. The number of pyridine rings is 2. The molecule has 3 aromatic heterocycles. The van der Waals surface area contributed by atoms with E-state index >= 15 is 0 Å². The molecule has 0 radical (unpaired) electrons. The standard InChI is InChI=1S/C52H68N6O14/c1-32-45(33(2)72-58-32)48(65)46(41-25-18-21-28-53-41)47(57-43-26-19-22-29-54-43)39-23-16-17-24-40(39)56-44(64)27-15-13-11-9-8-10-12-14-20-30-55-52(66)51(71-38(7)63)50(70-37(6)62)49(69-36(5)61)42(68-35(4)60)31-67-34(3)59/h16-19,21-26,28-29,42,46-51,65H,8-15,20,27,30-31H2,1-7H3,(H,54,57)(H,55,66)(H,56,64)/t42-,46?,47+,48+,49-,50+,51-/m0/s1. The summed E-state index contributed by atoms with van der Waals surface area (Å²) in [6, 6.07) is 17.9. The minimum atomic E-state index is -1.84. The molecule has 0 fully saturated rings. The van der Waals surface area contributed by atoms with E-state index in [0.29, 0.717) is 53.5 Å². The molecule has 390 valence electrons.